The van der Waals surface area contributed by atoms with Gasteiger partial charge in [-0.3, -0.25) is 4.79 Å². The maximum atomic E-state index is 10.1. The molecule has 0 aromatic carbocycles. The molecule has 41 valence electrons. The summed E-state index contributed by atoms with van der Waals surface area (Å²) >= 11 is 0. The molecule has 1 unspecified atom stereocenters. The molecule has 0 saturated heterocycles. The number of carbonyl (C=O) groups excluding carboxylic acids is 1. The van der Waals surface area contributed by atoms with Crippen molar-refractivity contribution in [3.63, 3.8) is 0 Å². The van der Waals surface area contributed by atoms with Crippen LogP contribution in [0.4, 0.5) is 0 Å². The van der Waals surface area contributed by atoms with Gasteiger partial charge in [-0.2, -0.15) is 0 Å². The van der Waals surface area contributed by atoms with E-state index in [-0.39, 0.29) is 0 Å². The number of hydrogen-bond donors (Lipinski definition) is 2. The van der Waals surface area contributed by atoms with Crippen molar-refractivity contribution in [3.05, 3.63) is 6.92 Å². The fourth-order valence-corrected chi connectivity index (χ4v) is 0. The Bertz CT molecular complexity index is 82.2. The molecule has 0 aliphatic carbocycles. The molecule has 0 aromatic rings. The van der Waals surface area contributed by atoms with Crippen molar-refractivity contribution in [2.45, 2.75) is 12.5 Å². The molecular formula is C4H9N2O. The fraction of sp³-hybridized carbons (Fsp3) is 0.500. The van der Waals surface area contributed by atoms with Crippen molar-refractivity contribution >= 4 is 5.91 Å². The van der Waals surface area contributed by atoms with Gasteiger partial charge in [0.2, 0.25) is 5.91 Å². The molecule has 1 amide bonds. The lowest BCUT2D eigenvalue weighted by molar-refractivity contribution is -0.121. The Kier molecular flexibility index (Phi) is 1.38. The van der Waals surface area contributed by atoms with E-state index in [0.717, 1.165) is 0 Å². The molecule has 1 atom stereocenters. The highest BCUT2D eigenvalue weighted by Gasteiger charge is 2.16. The Labute approximate surface area is 42.7 Å². The second-order valence-corrected chi connectivity index (χ2v) is 1.78. The minimum Gasteiger partial charge on any atom is -0.368 e. The summed E-state index contributed by atoms with van der Waals surface area (Å²) in [6.07, 6.45) is 0. The summed E-state index contributed by atoms with van der Waals surface area (Å²) in [6, 6.07) is 0. The molecule has 0 aliphatic heterocycles. The fourth-order valence-electron chi connectivity index (χ4n) is 0. The minimum atomic E-state index is -1.11. The van der Waals surface area contributed by atoms with E-state index in [2.05, 4.69) is 6.92 Å². The van der Waals surface area contributed by atoms with Crippen LogP contribution in [0, 0.1) is 6.92 Å². The van der Waals surface area contributed by atoms with E-state index >= 15 is 0 Å². The second-order valence-electron chi connectivity index (χ2n) is 1.78. The first-order chi connectivity index (χ1) is 2.94. The predicted octanol–water partition coefficient (Wildman–Crippen LogP) is -0.977. The molecule has 0 bridgehead atoms. The standard InChI is InChI=1S/C4H9N2O/c1-4(2,6)3(5)7/h1,6H2,2H3,(H2,5,7). The molecule has 0 saturated carbocycles. The number of rotatable bonds is 1. The Morgan fingerprint density at radius 2 is 2.00 bits per heavy atom. The zero-order valence-corrected chi connectivity index (χ0v) is 4.27. The molecule has 3 nitrogen and oxygen atoms in total. The number of amides is 1. The largest absolute Gasteiger partial charge is 0.368 e. The molecule has 0 rings (SSSR count). The van der Waals surface area contributed by atoms with E-state index in [0.29, 0.717) is 0 Å². The van der Waals surface area contributed by atoms with Crippen LogP contribution in [0.25, 0.3) is 0 Å². The average molecular weight is 101 g/mol. The summed E-state index contributed by atoms with van der Waals surface area (Å²) < 4.78 is 0. The Hall–Kier alpha value is -0.570. The van der Waals surface area contributed by atoms with Crippen LogP contribution in [-0.4, -0.2) is 11.4 Å². The molecule has 0 heterocycles. The van der Waals surface area contributed by atoms with Gasteiger partial charge < -0.3 is 11.5 Å². The van der Waals surface area contributed by atoms with Crippen LogP contribution in [0.3, 0.4) is 0 Å². The van der Waals surface area contributed by atoms with Gasteiger partial charge in [0.15, 0.2) is 0 Å². The minimum absolute atomic E-state index is 0.590. The lowest BCUT2D eigenvalue weighted by Gasteiger charge is -2.10. The number of nitrogens with two attached hydrogens (primary N) is 2. The third kappa shape index (κ3) is 2.17. The van der Waals surface area contributed by atoms with E-state index in [4.69, 9.17) is 11.5 Å². The van der Waals surface area contributed by atoms with Crippen molar-refractivity contribution in [1.29, 1.82) is 0 Å². The van der Waals surface area contributed by atoms with Crippen LogP contribution >= 0.6 is 0 Å². The summed E-state index contributed by atoms with van der Waals surface area (Å²) in [4.78, 5) is 10.1. The van der Waals surface area contributed by atoms with Crippen molar-refractivity contribution in [2.24, 2.45) is 11.5 Å². The highest BCUT2D eigenvalue weighted by atomic mass is 16.1. The van der Waals surface area contributed by atoms with Crippen LogP contribution in [-0.2, 0) is 4.79 Å². The van der Waals surface area contributed by atoms with Gasteiger partial charge in [0.1, 0.15) is 0 Å². The van der Waals surface area contributed by atoms with Crippen LogP contribution in [0.2, 0.25) is 0 Å². The van der Waals surface area contributed by atoms with Crippen LogP contribution in [0.1, 0.15) is 6.92 Å². The molecule has 3 heteroatoms. The monoisotopic (exact) mass is 101 g/mol. The zero-order chi connectivity index (χ0) is 6.08. The van der Waals surface area contributed by atoms with Gasteiger partial charge in [-0.15, -0.1) is 0 Å². The SMILES string of the molecule is [CH2]C(C)(N)C(N)=O. The zero-order valence-electron chi connectivity index (χ0n) is 4.27. The molecule has 4 N–H and O–H groups in total. The summed E-state index contributed by atoms with van der Waals surface area (Å²) in [5.74, 6) is -0.590. The molecule has 0 spiro atoms. The third-order valence-corrected chi connectivity index (χ3v) is 0.563. The van der Waals surface area contributed by atoms with E-state index < -0.39 is 11.4 Å². The van der Waals surface area contributed by atoms with Gasteiger partial charge >= 0.3 is 0 Å². The Morgan fingerprint density at radius 1 is 1.86 bits per heavy atom. The first kappa shape index (κ1) is 6.43. The van der Waals surface area contributed by atoms with Gasteiger partial charge in [0, 0.05) is 0 Å². The first-order valence-corrected chi connectivity index (χ1v) is 1.89. The van der Waals surface area contributed by atoms with Crippen LogP contribution in [0.5, 0.6) is 0 Å². The van der Waals surface area contributed by atoms with Gasteiger partial charge in [-0.25, -0.2) is 0 Å². The van der Waals surface area contributed by atoms with Gasteiger partial charge in [-0.05, 0) is 13.8 Å². The van der Waals surface area contributed by atoms with Crippen LogP contribution in [0.15, 0.2) is 0 Å². The third-order valence-electron chi connectivity index (χ3n) is 0.563. The molecule has 0 aliphatic rings. The Morgan fingerprint density at radius 3 is 2.00 bits per heavy atom. The summed E-state index contributed by atoms with van der Waals surface area (Å²) in [5.41, 5.74) is 8.72. The molecule has 1 radical (unpaired) electrons. The first-order valence-electron chi connectivity index (χ1n) is 1.89. The molecule has 0 aromatic heterocycles. The van der Waals surface area contributed by atoms with E-state index in [1.807, 2.05) is 0 Å². The van der Waals surface area contributed by atoms with Crippen molar-refractivity contribution < 1.29 is 4.79 Å². The summed E-state index contributed by atoms with van der Waals surface area (Å²) in [5, 5.41) is 0. The lowest BCUT2D eigenvalue weighted by atomic mass is 10.1. The van der Waals surface area contributed by atoms with Crippen molar-refractivity contribution in [3.8, 4) is 0 Å². The number of carbonyl (C=O) groups is 1. The van der Waals surface area contributed by atoms with Crippen LogP contribution < -0.4 is 11.5 Å². The molecular weight excluding hydrogens is 92.1 g/mol. The van der Waals surface area contributed by atoms with Crippen molar-refractivity contribution in [1.82, 2.24) is 0 Å². The van der Waals surface area contributed by atoms with Gasteiger partial charge in [0.05, 0.1) is 5.54 Å². The maximum Gasteiger partial charge on any atom is 0.237 e. The number of primary amides is 1. The van der Waals surface area contributed by atoms with Gasteiger partial charge in [0.25, 0.3) is 0 Å². The topological polar surface area (TPSA) is 69.1 Å². The normalized spacial score (nSPS) is 11.3. The predicted molar refractivity (Wildman–Crippen MR) is 27.1 cm³/mol. The van der Waals surface area contributed by atoms with E-state index in [9.17, 15) is 4.79 Å². The van der Waals surface area contributed by atoms with Crippen molar-refractivity contribution in [2.75, 3.05) is 0 Å². The molecule has 0 fully saturated rings. The second kappa shape index (κ2) is 1.50. The average Bonchev–Trinajstić information content (AvgIpc) is 1.31. The number of hydrogen-bond acceptors (Lipinski definition) is 2. The highest BCUT2D eigenvalue weighted by molar-refractivity contribution is 5.84. The summed E-state index contributed by atoms with van der Waals surface area (Å²) in [6.45, 7) is 4.73. The lowest BCUT2D eigenvalue weighted by Crippen LogP contribution is -2.46. The quantitative estimate of drug-likeness (QED) is 0.446. The van der Waals surface area contributed by atoms with E-state index in [1.165, 1.54) is 6.92 Å². The molecule has 7 heavy (non-hydrogen) atoms. The smallest absolute Gasteiger partial charge is 0.237 e. The van der Waals surface area contributed by atoms with Gasteiger partial charge in [-0.1, -0.05) is 0 Å². The Balaban J connectivity index is 3.79. The highest BCUT2D eigenvalue weighted by Crippen LogP contribution is 1.90. The maximum absolute atomic E-state index is 10.1. The summed E-state index contributed by atoms with van der Waals surface area (Å²) in [7, 11) is 0. The van der Waals surface area contributed by atoms with E-state index in [1.54, 1.807) is 0 Å².